The molecule has 0 aromatic heterocycles. The number of rotatable bonds is 6. The molecule has 0 saturated heterocycles. The Kier molecular flexibility index (Phi) is 4.80. The minimum absolute atomic E-state index is 0.164. The van der Waals surface area contributed by atoms with Gasteiger partial charge < -0.3 is 19.5 Å². The summed E-state index contributed by atoms with van der Waals surface area (Å²) in [4.78, 5) is 12.1. The van der Waals surface area contributed by atoms with Crippen molar-refractivity contribution in [2.24, 2.45) is 0 Å². The second-order valence-electron chi connectivity index (χ2n) is 5.50. The molecule has 1 aliphatic heterocycles. The summed E-state index contributed by atoms with van der Waals surface area (Å²) in [5.74, 6) is 1.49. The van der Waals surface area contributed by atoms with E-state index < -0.39 is 9.84 Å². The molecule has 1 aliphatic rings. The van der Waals surface area contributed by atoms with Crippen molar-refractivity contribution in [1.82, 2.24) is 5.32 Å². The fourth-order valence-corrected chi connectivity index (χ4v) is 2.87. The average molecular weight is 363 g/mol. The second-order valence-corrected chi connectivity index (χ2v) is 7.51. The zero-order valence-electron chi connectivity index (χ0n) is 13.5. The van der Waals surface area contributed by atoms with Gasteiger partial charge in [0.2, 0.25) is 6.79 Å². The van der Waals surface area contributed by atoms with Crippen LogP contribution in [-0.2, 0) is 21.2 Å². The Morgan fingerprint density at radius 3 is 2.56 bits per heavy atom. The van der Waals surface area contributed by atoms with Crippen LogP contribution in [0, 0.1) is 0 Å². The first-order valence-electron chi connectivity index (χ1n) is 7.50. The SMILES string of the molecule is CS(=O)(=O)c1ccc(OCC(=O)NCc2ccc3c(c2)OCO3)cc1. The van der Waals surface area contributed by atoms with Crippen molar-refractivity contribution >= 4 is 15.7 Å². The van der Waals surface area contributed by atoms with Gasteiger partial charge in [-0.3, -0.25) is 4.79 Å². The topological polar surface area (TPSA) is 90.9 Å². The first kappa shape index (κ1) is 17.1. The first-order valence-corrected chi connectivity index (χ1v) is 9.39. The number of amides is 1. The Morgan fingerprint density at radius 1 is 1.12 bits per heavy atom. The summed E-state index contributed by atoms with van der Waals surface area (Å²) in [5, 5.41) is 2.74. The molecule has 0 saturated carbocycles. The van der Waals surface area contributed by atoms with Gasteiger partial charge in [-0.05, 0) is 42.0 Å². The van der Waals surface area contributed by atoms with E-state index in [1.54, 1.807) is 6.07 Å². The van der Waals surface area contributed by atoms with Gasteiger partial charge in [-0.1, -0.05) is 6.07 Å². The third kappa shape index (κ3) is 4.42. The number of sulfone groups is 1. The van der Waals surface area contributed by atoms with Crippen LogP contribution in [0.5, 0.6) is 17.2 Å². The smallest absolute Gasteiger partial charge is 0.258 e. The molecule has 8 heteroatoms. The zero-order chi connectivity index (χ0) is 17.9. The maximum atomic E-state index is 11.9. The molecule has 2 aromatic rings. The normalized spacial score (nSPS) is 12.7. The van der Waals surface area contributed by atoms with Crippen molar-refractivity contribution in [3.8, 4) is 17.2 Å². The molecular formula is C17H17NO6S. The van der Waals surface area contributed by atoms with Crippen LogP contribution in [-0.4, -0.2) is 34.0 Å². The number of fused-ring (bicyclic) bond motifs is 1. The van der Waals surface area contributed by atoms with Crippen LogP contribution in [0.15, 0.2) is 47.4 Å². The highest BCUT2D eigenvalue weighted by molar-refractivity contribution is 7.90. The molecule has 0 atom stereocenters. The van der Waals surface area contributed by atoms with Crippen LogP contribution >= 0.6 is 0 Å². The second kappa shape index (κ2) is 7.02. The molecule has 0 bridgehead atoms. The molecule has 1 heterocycles. The van der Waals surface area contributed by atoms with E-state index in [2.05, 4.69) is 5.32 Å². The van der Waals surface area contributed by atoms with E-state index in [4.69, 9.17) is 14.2 Å². The molecule has 132 valence electrons. The van der Waals surface area contributed by atoms with Crippen molar-refractivity contribution in [2.75, 3.05) is 19.7 Å². The predicted octanol–water partition coefficient (Wildman–Crippen LogP) is 1.51. The molecule has 0 unspecified atom stereocenters. The fraction of sp³-hybridized carbons (Fsp3) is 0.235. The number of benzene rings is 2. The number of nitrogens with one attached hydrogen (secondary N) is 1. The van der Waals surface area contributed by atoms with Crippen molar-refractivity contribution in [2.45, 2.75) is 11.4 Å². The lowest BCUT2D eigenvalue weighted by Gasteiger charge is -2.08. The molecule has 0 fully saturated rings. The van der Waals surface area contributed by atoms with Gasteiger partial charge in [0, 0.05) is 12.8 Å². The number of hydrogen-bond acceptors (Lipinski definition) is 6. The average Bonchev–Trinajstić information content (AvgIpc) is 3.05. The van der Waals surface area contributed by atoms with E-state index >= 15 is 0 Å². The third-order valence-corrected chi connectivity index (χ3v) is 4.68. The molecule has 2 aromatic carbocycles. The van der Waals surface area contributed by atoms with Gasteiger partial charge in [-0.25, -0.2) is 8.42 Å². The van der Waals surface area contributed by atoms with Gasteiger partial charge >= 0.3 is 0 Å². The highest BCUT2D eigenvalue weighted by atomic mass is 32.2. The molecule has 1 N–H and O–H groups in total. The van der Waals surface area contributed by atoms with Crippen molar-refractivity contribution in [3.63, 3.8) is 0 Å². The zero-order valence-corrected chi connectivity index (χ0v) is 14.3. The van der Waals surface area contributed by atoms with E-state index in [1.807, 2.05) is 12.1 Å². The monoisotopic (exact) mass is 363 g/mol. The molecule has 0 radical (unpaired) electrons. The Bertz CT molecular complexity index is 877. The van der Waals surface area contributed by atoms with Crippen LogP contribution in [0.1, 0.15) is 5.56 Å². The van der Waals surface area contributed by atoms with E-state index in [-0.39, 0.29) is 24.2 Å². The number of ether oxygens (including phenoxy) is 3. The van der Waals surface area contributed by atoms with E-state index in [9.17, 15) is 13.2 Å². The summed E-state index contributed by atoms with van der Waals surface area (Å²) < 4.78 is 38.6. The Hall–Kier alpha value is -2.74. The number of carbonyl (C=O) groups excluding carboxylic acids is 1. The van der Waals surface area contributed by atoms with Gasteiger partial charge in [0.1, 0.15) is 5.75 Å². The summed E-state index contributed by atoms with van der Waals surface area (Å²) in [6.45, 7) is 0.381. The van der Waals surface area contributed by atoms with Crippen molar-refractivity contribution < 1.29 is 27.4 Å². The minimum atomic E-state index is -3.25. The van der Waals surface area contributed by atoms with E-state index in [0.717, 1.165) is 11.8 Å². The van der Waals surface area contributed by atoms with E-state index in [0.29, 0.717) is 23.8 Å². The Labute approximate surface area is 145 Å². The summed E-state index contributed by atoms with van der Waals surface area (Å²) in [5.41, 5.74) is 0.884. The summed E-state index contributed by atoms with van der Waals surface area (Å²) >= 11 is 0. The summed E-state index contributed by atoms with van der Waals surface area (Å²) in [6, 6.07) is 11.4. The molecule has 3 rings (SSSR count). The molecule has 7 nitrogen and oxygen atoms in total. The lowest BCUT2D eigenvalue weighted by molar-refractivity contribution is -0.123. The van der Waals surface area contributed by atoms with Gasteiger partial charge in [-0.15, -0.1) is 0 Å². The predicted molar refractivity (Wildman–Crippen MR) is 89.5 cm³/mol. The van der Waals surface area contributed by atoms with Gasteiger partial charge in [0.25, 0.3) is 5.91 Å². The van der Waals surface area contributed by atoms with Gasteiger partial charge in [0.15, 0.2) is 27.9 Å². The molecule has 0 spiro atoms. The molecule has 1 amide bonds. The van der Waals surface area contributed by atoms with Crippen LogP contribution in [0.2, 0.25) is 0 Å². The molecule has 25 heavy (non-hydrogen) atoms. The highest BCUT2D eigenvalue weighted by Gasteiger charge is 2.13. The quantitative estimate of drug-likeness (QED) is 0.837. The summed E-state index contributed by atoms with van der Waals surface area (Å²) in [7, 11) is -3.25. The van der Waals surface area contributed by atoms with Gasteiger partial charge in [0.05, 0.1) is 4.90 Å². The minimum Gasteiger partial charge on any atom is -0.484 e. The Balaban J connectivity index is 1.48. The Morgan fingerprint density at radius 2 is 1.84 bits per heavy atom. The maximum absolute atomic E-state index is 11.9. The molecular weight excluding hydrogens is 346 g/mol. The van der Waals surface area contributed by atoms with Gasteiger partial charge in [-0.2, -0.15) is 0 Å². The van der Waals surface area contributed by atoms with Crippen molar-refractivity contribution in [1.29, 1.82) is 0 Å². The summed E-state index contributed by atoms with van der Waals surface area (Å²) in [6.07, 6.45) is 1.13. The number of carbonyl (C=O) groups is 1. The molecule has 0 aliphatic carbocycles. The third-order valence-electron chi connectivity index (χ3n) is 3.55. The number of hydrogen-bond donors (Lipinski definition) is 1. The fourth-order valence-electron chi connectivity index (χ4n) is 2.23. The van der Waals surface area contributed by atoms with Crippen LogP contribution < -0.4 is 19.5 Å². The standard InChI is InChI=1S/C17H17NO6S/c1-25(20,21)14-5-3-13(4-6-14)22-10-17(19)18-9-12-2-7-15-16(8-12)24-11-23-15/h2-8H,9-11H2,1H3,(H,18,19). The maximum Gasteiger partial charge on any atom is 0.258 e. The van der Waals surface area contributed by atoms with Crippen LogP contribution in [0.3, 0.4) is 0 Å². The lowest BCUT2D eigenvalue weighted by Crippen LogP contribution is -2.28. The van der Waals surface area contributed by atoms with Crippen LogP contribution in [0.4, 0.5) is 0 Å². The largest absolute Gasteiger partial charge is 0.484 e. The van der Waals surface area contributed by atoms with Crippen molar-refractivity contribution in [3.05, 3.63) is 48.0 Å². The first-order chi connectivity index (χ1) is 11.9. The van der Waals surface area contributed by atoms with Crippen LogP contribution in [0.25, 0.3) is 0 Å². The highest BCUT2D eigenvalue weighted by Crippen LogP contribution is 2.32. The van der Waals surface area contributed by atoms with E-state index in [1.165, 1.54) is 24.3 Å². The lowest BCUT2D eigenvalue weighted by atomic mass is 10.2.